The highest BCUT2D eigenvalue weighted by atomic mass is 127. The van der Waals surface area contributed by atoms with Gasteiger partial charge in [0.25, 0.3) is 0 Å². The number of hydrogen-bond acceptors (Lipinski definition) is 3. The van der Waals surface area contributed by atoms with Crippen LogP contribution in [0, 0.1) is 6.92 Å². The third-order valence-corrected chi connectivity index (χ3v) is 4.06. The van der Waals surface area contributed by atoms with Gasteiger partial charge in [0.2, 0.25) is 5.91 Å². The van der Waals surface area contributed by atoms with Crippen LogP contribution in [0.15, 0.2) is 53.5 Å². The Labute approximate surface area is 190 Å². The summed E-state index contributed by atoms with van der Waals surface area (Å²) in [5.41, 5.74) is 3.09. The van der Waals surface area contributed by atoms with E-state index in [1.165, 1.54) is 5.56 Å². The molecule has 7 heteroatoms. The Hall–Kier alpha value is -2.29. The number of ether oxygens (including phenoxy) is 1. The molecule has 0 fully saturated rings. The molecule has 0 saturated heterocycles. The third kappa shape index (κ3) is 9.65. The third-order valence-electron chi connectivity index (χ3n) is 4.06. The lowest BCUT2D eigenvalue weighted by molar-refractivity contribution is -0.116. The topological polar surface area (TPSA) is 74.8 Å². The van der Waals surface area contributed by atoms with Crippen molar-refractivity contribution in [2.24, 2.45) is 4.99 Å². The molecule has 6 nitrogen and oxygen atoms in total. The number of hydrogen-bond donors (Lipinski definition) is 3. The van der Waals surface area contributed by atoms with Gasteiger partial charge in [-0.2, -0.15) is 0 Å². The van der Waals surface area contributed by atoms with E-state index in [-0.39, 0.29) is 29.9 Å². The fraction of sp³-hybridized carbons (Fsp3) is 0.364. The Morgan fingerprint density at radius 3 is 2.55 bits per heavy atom. The van der Waals surface area contributed by atoms with Crippen LogP contribution in [0.4, 0.5) is 5.69 Å². The Morgan fingerprint density at radius 1 is 1.10 bits per heavy atom. The van der Waals surface area contributed by atoms with Crippen LogP contribution < -0.4 is 20.7 Å². The second kappa shape index (κ2) is 13.8. The number of halogens is 1. The molecule has 0 heterocycles. The molecule has 29 heavy (non-hydrogen) atoms. The summed E-state index contributed by atoms with van der Waals surface area (Å²) < 4.78 is 5.71. The quantitative estimate of drug-likeness (QED) is 0.206. The first-order chi connectivity index (χ1) is 13.6. The van der Waals surface area contributed by atoms with Gasteiger partial charge < -0.3 is 20.7 Å². The van der Waals surface area contributed by atoms with E-state index < -0.39 is 0 Å². The molecule has 0 aromatic heterocycles. The molecular weight excluding hydrogens is 479 g/mol. The standard InChI is InChI=1S/C22H30N4O2.HI/c1-4-6-21(27)26-19-8-5-7-18(15-19)16-25-22(23-3)24-13-14-28-20-11-9-17(2)10-12-20;/h5,7-12,15H,4,6,13-14,16H2,1-3H3,(H,26,27)(H2,23,24,25);1H. The van der Waals surface area contributed by atoms with Crippen LogP contribution in [0.3, 0.4) is 0 Å². The number of guanidine groups is 1. The fourth-order valence-corrected chi connectivity index (χ4v) is 2.59. The van der Waals surface area contributed by atoms with Crippen LogP contribution >= 0.6 is 24.0 Å². The van der Waals surface area contributed by atoms with E-state index >= 15 is 0 Å². The zero-order valence-electron chi connectivity index (χ0n) is 17.3. The number of nitrogens with one attached hydrogen (secondary N) is 3. The SMILES string of the molecule is CCCC(=O)Nc1cccc(CNC(=NC)NCCOc2ccc(C)cc2)c1.I. The number of rotatable bonds is 9. The maximum Gasteiger partial charge on any atom is 0.224 e. The lowest BCUT2D eigenvalue weighted by Crippen LogP contribution is -2.38. The van der Waals surface area contributed by atoms with Gasteiger partial charge in [-0.3, -0.25) is 9.79 Å². The van der Waals surface area contributed by atoms with E-state index in [9.17, 15) is 4.79 Å². The minimum Gasteiger partial charge on any atom is -0.492 e. The summed E-state index contributed by atoms with van der Waals surface area (Å²) in [5.74, 6) is 1.60. The number of anilines is 1. The van der Waals surface area contributed by atoms with Crippen LogP contribution in [-0.4, -0.2) is 32.1 Å². The van der Waals surface area contributed by atoms with Crippen molar-refractivity contribution in [1.82, 2.24) is 10.6 Å². The molecule has 0 radical (unpaired) electrons. The van der Waals surface area contributed by atoms with Crippen molar-refractivity contribution in [1.29, 1.82) is 0 Å². The molecule has 0 unspecified atom stereocenters. The molecule has 3 N–H and O–H groups in total. The van der Waals surface area contributed by atoms with Crippen molar-refractivity contribution in [3.05, 3.63) is 59.7 Å². The molecule has 0 spiro atoms. The molecule has 0 bridgehead atoms. The summed E-state index contributed by atoms with van der Waals surface area (Å²) in [7, 11) is 1.73. The second-order valence-corrected chi connectivity index (χ2v) is 6.51. The van der Waals surface area contributed by atoms with Gasteiger partial charge in [-0.1, -0.05) is 36.8 Å². The first kappa shape index (κ1) is 24.7. The van der Waals surface area contributed by atoms with Crippen LogP contribution in [0.2, 0.25) is 0 Å². The normalized spacial score (nSPS) is 10.7. The van der Waals surface area contributed by atoms with Crippen molar-refractivity contribution in [3.63, 3.8) is 0 Å². The molecule has 2 aromatic rings. The maximum atomic E-state index is 11.7. The Morgan fingerprint density at radius 2 is 1.86 bits per heavy atom. The summed E-state index contributed by atoms with van der Waals surface area (Å²) in [6, 6.07) is 15.8. The van der Waals surface area contributed by atoms with Gasteiger partial charge in [0.1, 0.15) is 12.4 Å². The van der Waals surface area contributed by atoms with E-state index in [0.717, 1.165) is 23.4 Å². The number of aliphatic imine (C=N–C) groups is 1. The molecule has 2 rings (SSSR count). The number of carbonyl (C=O) groups is 1. The summed E-state index contributed by atoms with van der Waals surface area (Å²) in [6.45, 7) is 5.83. The van der Waals surface area contributed by atoms with Crippen LogP contribution in [0.25, 0.3) is 0 Å². The highest BCUT2D eigenvalue weighted by Gasteiger charge is 2.03. The van der Waals surface area contributed by atoms with Gasteiger partial charge >= 0.3 is 0 Å². The average Bonchev–Trinajstić information content (AvgIpc) is 2.69. The molecular formula is C22H31IN4O2. The summed E-state index contributed by atoms with van der Waals surface area (Å²) in [6.07, 6.45) is 1.37. The van der Waals surface area contributed by atoms with Gasteiger partial charge in [-0.25, -0.2) is 0 Å². The minimum absolute atomic E-state index is 0. The van der Waals surface area contributed by atoms with E-state index in [1.807, 2.05) is 55.5 Å². The molecule has 0 atom stereocenters. The van der Waals surface area contributed by atoms with Crippen molar-refractivity contribution in [3.8, 4) is 5.75 Å². The van der Waals surface area contributed by atoms with Gasteiger partial charge in [-0.15, -0.1) is 24.0 Å². The van der Waals surface area contributed by atoms with E-state index in [1.54, 1.807) is 7.05 Å². The first-order valence-corrected chi connectivity index (χ1v) is 9.63. The maximum absolute atomic E-state index is 11.7. The predicted octanol–water partition coefficient (Wildman–Crippen LogP) is 4.10. The van der Waals surface area contributed by atoms with Crippen LogP contribution in [-0.2, 0) is 11.3 Å². The lowest BCUT2D eigenvalue weighted by Gasteiger charge is -2.13. The number of amides is 1. The number of nitrogens with zero attached hydrogens (tertiary/aromatic N) is 1. The molecule has 0 aliphatic rings. The minimum atomic E-state index is 0. The summed E-state index contributed by atoms with van der Waals surface area (Å²) in [4.78, 5) is 16.0. The van der Waals surface area contributed by atoms with E-state index in [4.69, 9.17) is 4.74 Å². The lowest BCUT2D eigenvalue weighted by atomic mass is 10.2. The zero-order chi connectivity index (χ0) is 20.2. The molecule has 0 saturated carbocycles. The Kier molecular flexibility index (Phi) is 11.8. The van der Waals surface area contributed by atoms with E-state index in [0.29, 0.717) is 32.1 Å². The predicted molar refractivity (Wildman–Crippen MR) is 130 cm³/mol. The molecule has 0 aliphatic carbocycles. The van der Waals surface area contributed by atoms with Crippen LogP contribution in [0.1, 0.15) is 30.9 Å². The van der Waals surface area contributed by atoms with Crippen molar-refractivity contribution in [2.45, 2.75) is 33.2 Å². The second-order valence-electron chi connectivity index (χ2n) is 6.51. The van der Waals surface area contributed by atoms with Crippen molar-refractivity contribution < 1.29 is 9.53 Å². The van der Waals surface area contributed by atoms with Gasteiger partial charge in [-0.05, 0) is 43.2 Å². The summed E-state index contributed by atoms with van der Waals surface area (Å²) >= 11 is 0. The highest BCUT2D eigenvalue weighted by Crippen LogP contribution is 2.12. The average molecular weight is 510 g/mol. The highest BCUT2D eigenvalue weighted by molar-refractivity contribution is 14.0. The molecule has 0 aliphatic heterocycles. The van der Waals surface area contributed by atoms with Gasteiger partial charge in [0, 0.05) is 25.7 Å². The molecule has 158 valence electrons. The Balaban J connectivity index is 0.00000420. The largest absolute Gasteiger partial charge is 0.492 e. The zero-order valence-corrected chi connectivity index (χ0v) is 19.7. The van der Waals surface area contributed by atoms with Crippen molar-refractivity contribution in [2.75, 3.05) is 25.5 Å². The first-order valence-electron chi connectivity index (χ1n) is 9.63. The molecule has 2 aromatic carbocycles. The van der Waals surface area contributed by atoms with Gasteiger partial charge in [0.05, 0.1) is 6.54 Å². The Bertz CT molecular complexity index is 779. The molecule has 1 amide bonds. The smallest absolute Gasteiger partial charge is 0.224 e. The fourth-order valence-electron chi connectivity index (χ4n) is 2.59. The number of benzene rings is 2. The van der Waals surface area contributed by atoms with Crippen molar-refractivity contribution >= 4 is 41.5 Å². The van der Waals surface area contributed by atoms with Crippen LogP contribution in [0.5, 0.6) is 5.75 Å². The van der Waals surface area contributed by atoms with Gasteiger partial charge in [0.15, 0.2) is 5.96 Å². The number of aryl methyl sites for hydroxylation is 1. The van der Waals surface area contributed by atoms with E-state index in [2.05, 4.69) is 27.9 Å². The summed E-state index contributed by atoms with van der Waals surface area (Å²) in [5, 5.41) is 9.41. The monoisotopic (exact) mass is 510 g/mol. The number of carbonyl (C=O) groups excluding carboxylic acids is 1.